The summed E-state index contributed by atoms with van der Waals surface area (Å²) in [7, 11) is 0. The Kier molecular flexibility index (Phi) is 4.68. The van der Waals surface area contributed by atoms with Crippen LogP contribution in [0.15, 0.2) is 28.8 Å². The molecule has 122 valence electrons. The largest absolute Gasteiger partial charge is 0.388 e. The highest BCUT2D eigenvalue weighted by molar-refractivity contribution is 6.30. The number of carbonyl (C=O) groups excluding carboxylic acids is 1. The Labute approximate surface area is 139 Å². The number of rotatable bonds is 4. The second kappa shape index (κ2) is 6.72. The third-order valence-electron chi connectivity index (χ3n) is 4.16. The normalized spacial score (nSPS) is 16.5. The Morgan fingerprint density at radius 1 is 1.35 bits per heavy atom. The number of hydrogen-bond donors (Lipinski definition) is 2. The van der Waals surface area contributed by atoms with Gasteiger partial charge in [0.05, 0.1) is 11.7 Å². The van der Waals surface area contributed by atoms with Crippen LogP contribution in [0.1, 0.15) is 54.8 Å². The van der Waals surface area contributed by atoms with Crippen molar-refractivity contribution in [2.24, 2.45) is 0 Å². The van der Waals surface area contributed by atoms with Crippen molar-refractivity contribution in [1.82, 2.24) is 10.5 Å². The molecule has 2 N–H and O–H groups in total. The van der Waals surface area contributed by atoms with Crippen molar-refractivity contribution in [3.63, 3.8) is 0 Å². The van der Waals surface area contributed by atoms with Crippen LogP contribution in [0.3, 0.4) is 0 Å². The van der Waals surface area contributed by atoms with Crippen LogP contribution >= 0.6 is 11.6 Å². The summed E-state index contributed by atoms with van der Waals surface area (Å²) in [6.07, 6.45) is 3.35. The van der Waals surface area contributed by atoms with Crippen molar-refractivity contribution in [2.75, 3.05) is 0 Å². The van der Waals surface area contributed by atoms with Gasteiger partial charge in [0, 0.05) is 16.6 Å². The average molecular weight is 335 g/mol. The molecule has 5 nitrogen and oxygen atoms in total. The molecule has 0 unspecified atom stereocenters. The summed E-state index contributed by atoms with van der Waals surface area (Å²) >= 11 is 5.89. The first-order chi connectivity index (χ1) is 11.1. The van der Waals surface area contributed by atoms with Crippen molar-refractivity contribution >= 4 is 17.5 Å². The van der Waals surface area contributed by atoms with Gasteiger partial charge in [-0.1, -0.05) is 41.7 Å². The molecule has 1 aliphatic carbocycles. The number of halogens is 1. The molecule has 0 saturated heterocycles. The summed E-state index contributed by atoms with van der Waals surface area (Å²) in [5, 5.41) is 17.7. The molecule has 1 heterocycles. The fraction of sp³-hybridized carbons (Fsp3) is 0.412. The van der Waals surface area contributed by atoms with Gasteiger partial charge in [-0.05, 0) is 31.9 Å². The molecule has 1 atom stereocenters. The molecule has 6 heteroatoms. The van der Waals surface area contributed by atoms with Crippen molar-refractivity contribution in [2.45, 2.75) is 44.8 Å². The number of aliphatic hydroxyl groups is 1. The lowest BCUT2D eigenvalue weighted by Crippen LogP contribution is -2.33. The van der Waals surface area contributed by atoms with E-state index in [1.165, 1.54) is 0 Å². The molecule has 23 heavy (non-hydrogen) atoms. The van der Waals surface area contributed by atoms with Gasteiger partial charge in [0.1, 0.15) is 5.69 Å². The standard InChI is InChI=1S/C17H19ClN2O3/c1-10(21)14-15(11-6-8-12(18)9-7-11)20-23-16(14)17(22)19-13-4-2-3-5-13/h6-10,13,21H,2-5H2,1H3,(H,19,22)/t10-/m0/s1. The molecule has 1 amide bonds. The lowest BCUT2D eigenvalue weighted by atomic mass is 10.0. The van der Waals surface area contributed by atoms with E-state index >= 15 is 0 Å². The Morgan fingerprint density at radius 3 is 2.61 bits per heavy atom. The number of nitrogens with one attached hydrogen (secondary N) is 1. The van der Waals surface area contributed by atoms with E-state index in [0.29, 0.717) is 16.3 Å². The van der Waals surface area contributed by atoms with E-state index in [1.54, 1.807) is 31.2 Å². The highest BCUT2D eigenvalue weighted by atomic mass is 35.5. The highest BCUT2D eigenvalue weighted by Gasteiger charge is 2.28. The second-order valence-electron chi connectivity index (χ2n) is 5.91. The molecule has 1 aromatic heterocycles. The van der Waals surface area contributed by atoms with Crippen LogP contribution in [-0.2, 0) is 0 Å². The van der Waals surface area contributed by atoms with Gasteiger partial charge >= 0.3 is 0 Å². The number of carbonyl (C=O) groups is 1. The molecular weight excluding hydrogens is 316 g/mol. The smallest absolute Gasteiger partial charge is 0.290 e. The van der Waals surface area contributed by atoms with Gasteiger partial charge in [-0.3, -0.25) is 4.79 Å². The van der Waals surface area contributed by atoms with Crippen molar-refractivity contribution < 1.29 is 14.4 Å². The van der Waals surface area contributed by atoms with Crippen LogP contribution in [0.5, 0.6) is 0 Å². The lowest BCUT2D eigenvalue weighted by molar-refractivity contribution is 0.0892. The van der Waals surface area contributed by atoms with Gasteiger partial charge in [0.25, 0.3) is 5.91 Å². The SMILES string of the molecule is C[C@H](O)c1c(-c2ccc(Cl)cc2)noc1C(=O)NC1CCCC1. The molecular formula is C17H19ClN2O3. The maximum atomic E-state index is 12.4. The van der Waals surface area contributed by atoms with Gasteiger partial charge in [-0.2, -0.15) is 0 Å². The van der Waals surface area contributed by atoms with Crippen molar-refractivity contribution in [3.8, 4) is 11.3 Å². The summed E-state index contributed by atoms with van der Waals surface area (Å²) in [5.74, 6) is -0.239. The molecule has 1 aromatic carbocycles. The fourth-order valence-electron chi connectivity index (χ4n) is 2.99. The molecule has 1 fully saturated rings. The summed E-state index contributed by atoms with van der Waals surface area (Å²) in [6, 6.07) is 7.20. The molecule has 0 spiro atoms. The maximum Gasteiger partial charge on any atom is 0.290 e. The summed E-state index contributed by atoms with van der Waals surface area (Å²) in [6.45, 7) is 1.60. The number of amides is 1. The summed E-state index contributed by atoms with van der Waals surface area (Å²) in [5.41, 5.74) is 1.62. The van der Waals surface area contributed by atoms with Crippen molar-refractivity contribution in [3.05, 3.63) is 40.6 Å². The summed E-state index contributed by atoms with van der Waals surface area (Å²) in [4.78, 5) is 12.4. The van der Waals surface area contributed by atoms with E-state index in [-0.39, 0.29) is 17.7 Å². The van der Waals surface area contributed by atoms with Gasteiger partial charge < -0.3 is 14.9 Å². The number of benzene rings is 1. The maximum absolute atomic E-state index is 12.4. The average Bonchev–Trinajstić information content (AvgIpc) is 3.16. The highest BCUT2D eigenvalue weighted by Crippen LogP contribution is 2.31. The Bertz CT molecular complexity index is 688. The second-order valence-corrected chi connectivity index (χ2v) is 6.35. The fourth-order valence-corrected chi connectivity index (χ4v) is 3.11. The van der Waals surface area contributed by atoms with Gasteiger partial charge in [-0.25, -0.2) is 0 Å². The number of hydrogen-bond acceptors (Lipinski definition) is 4. The van der Waals surface area contributed by atoms with E-state index in [1.807, 2.05) is 0 Å². The first kappa shape index (κ1) is 16.0. The minimum absolute atomic E-state index is 0.0804. The first-order valence-electron chi connectivity index (χ1n) is 7.80. The molecule has 2 aromatic rings. The van der Waals surface area contributed by atoms with Gasteiger partial charge in [0.2, 0.25) is 5.76 Å². The molecule has 0 aliphatic heterocycles. The number of aromatic nitrogens is 1. The van der Waals surface area contributed by atoms with E-state index in [2.05, 4.69) is 10.5 Å². The van der Waals surface area contributed by atoms with Crippen LogP contribution in [0.2, 0.25) is 5.02 Å². The quantitative estimate of drug-likeness (QED) is 0.893. The van der Waals surface area contributed by atoms with E-state index < -0.39 is 6.10 Å². The molecule has 3 rings (SSSR count). The number of nitrogens with zero attached hydrogens (tertiary/aromatic N) is 1. The van der Waals surface area contributed by atoms with Crippen LogP contribution < -0.4 is 5.32 Å². The molecule has 0 radical (unpaired) electrons. The summed E-state index contributed by atoms with van der Waals surface area (Å²) < 4.78 is 5.26. The topological polar surface area (TPSA) is 75.4 Å². The number of aliphatic hydroxyl groups excluding tert-OH is 1. The minimum atomic E-state index is -0.865. The van der Waals surface area contributed by atoms with Crippen molar-refractivity contribution in [1.29, 1.82) is 0 Å². The van der Waals surface area contributed by atoms with E-state index in [0.717, 1.165) is 31.2 Å². The Hall–Kier alpha value is -1.85. The van der Waals surface area contributed by atoms with Crippen LogP contribution in [0, 0.1) is 0 Å². The van der Waals surface area contributed by atoms with E-state index in [9.17, 15) is 9.90 Å². The Morgan fingerprint density at radius 2 is 2.00 bits per heavy atom. The lowest BCUT2D eigenvalue weighted by Gasteiger charge is -2.12. The zero-order valence-corrected chi connectivity index (χ0v) is 13.6. The zero-order valence-electron chi connectivity index (χ0n) is 12.9. The van der Waals surface area contributed by atoms with Gasteiger partial charge in [0.15, 0.2) is 0 Å². The monoisotopic (exact) mass is 334 g/mol. The van der Waals surface area contributed by atoms with Crippen LogP contribution in [0.25, 0.3) is 11.3 Å². The zero-order chi connectivity index (χ0) is 16.4. The molecule has 0 bridgehead atoms. The predicted octanol–water partition coefficient (Wildman–Crippen LogP) is 3.72. The van der Waals surface area contributed by atoms with Crippen LogP contribution in [-0.4, -0.2) is 22.2 Å². The van der Waals surface area contributed by atoms with Crippen LogP contribution in [0.4, 0.5) is 0 Å². The predicted molar refractivity (Wildman–Crippen MR) is 87.3 cm³/mol. The molecule has 1 saturated carbocycles. The Balaban J connectivity index is 1.91. The molecule has 1 aliphatic rings. The third kappa shape index (κ3) is 3.41. The first-order valence-corrected chi connectivity index (χ1v) is 8.18. The van der Waals surface area contributed by atoms with Gasteiger partial charge in [-0.15, -0.1) is 0 Å². The minimum Gasteiger partial charge on any atom is -0.388 e. The van der Waals surface area contributed by atoms with E-state index in [4.69, 9.17) is 16.1 Å². The third-order valence-corrected chi connectivity index (χ3v) is 4.41.